The number of benzene rings is 1. The van der Waals surface area contributed by atoms with Gasteiger partial charge >= 0.3 is 0 Å². The number of carbonyl (C=O) groups excluding carboxylic acids is 1. The molecule has 0 spiro atoms. The van der Waals surface area contributed by atoms with Gasteiger partial charge in [0, 0.05) is 6.54 Å². The number of nitrogens with zero attached hydrogens (tertiary/aromatic N) is 1. The van der Waals surface area contributed by atoms with E-state index >= 15 is 0 Å². The van der Waals surface area contributed by atoms with Crippen LogP contribution >= 0.6 is 0 Å². The lowest BCUT2D eigenvalue weighted by atomic mass is 10.1. The zero-order valence-corrected chi connectivity index (χ0v) is 12.1. The molecule has 104 valence electrons. The van der Waals surface area contributed by atoms with Gasteiger partial charge in [-0.25, -0.2) is 0 Å². The van der Waals surface area contributed by atoms with E-state index in [-0.39, 0.29) is 18.1 Å². The van der Waals surface area contributed by atoms with E-state index in [0.29, 0.717) is 5.92 Å². The van der Waals surface area contributed by atoms with E-state index in [1.54, 1.807) is 0 Å². The van der Waals surface area contributed by atoms with Gasteiger partial charge in [-0.2, -0.15) is 0 Å². The third-order valence-electron chi connectivity index (χ3n) is 3.72. The predicted octanol–water partition coefficient (Wildman–Crippen LogP) is 2.94. The maximum absolute atomic E-state index is 12.6. The van der Waals surface area contributed by atoms with Crippen LogP contribution in [0.4, 0.5) is 0 Å². The van der Waals surface area contributed by atoms with E-state index in [4.69, 9.17) is 0 Å². The number of hydrogen-bond acceptors (Lipinski definition) is 2. The van der Waals surface area contributed by atoms with Gasteiger partial charge in [-0.15, -0.1) is 0 Å². The quantitative estimate of drug-likeness (QED) is 0.883. The van der Waals surface area contributed by atoms with Crippen LogP contribution in [0, 0.1) is 5.92 Å². The third kappa shape index (κ3) is 2.98. The van der Waals surface area contributed by atoms with Gasteiger partial charge in [0.25, 0.3) is 0 Å². The highest BCUT2D eigenvalue weighted by Crippen LogP contribution is 2.27. The summed E-state index contributed by atoms with van der Waals surface area (Å²) in [5.41, 5.74) is 1.07. The van der Waals surface area contributed by atoms with Crippen molar-refractivity contribution in [2.45, 2.75) is 45.8 Å². The molecule has 0 radical (unpaired) electrons. The van der Waals surface area contributed by atoms with Gasteiger partial charge in [0.1, 0.15) is 6.04 Å². The smallest absolute Gasteiger partial charge is 0.245 e. The van der Waals surface area contributed by atoms with Crippen LogP contribution in [0.3, 0.4) is 0 Å². The second kappa shape index (κ2) is 6.20. The predicted molar refractivity (Wildman–Crippen MR) is 77.6 cm³/mol. The average molecular weight is 260 g/mol. The number of rotatable bonds is 5. The SMILES string of the molecule is CCCCN1C(=O)C(c2ccccc2)NC1C(C)C. The van der Waals surface area contributed by atoms with Crippen molar-refractivity contribution >= 4 is 5.91 Å². The molecule has 1 N–H and O–H groups in total. The van der Waals surface area contributed by atoms with E-state index in [1.165, 1.54) is 0 Å². The summed E-state index contributed by atoms with van der Waals surface area (Å²) in [6.07, 6.45) is 2.34. The molecule has 2 unspecified atom stereocenters. The van der Waals surface area contributed by atoms with Gasteiger partial charge in [0.15, 0.2) is 0 Å². The average Bonchev–Trinajstić information content (AvgIpc) is 2.75. The van der Waals surface area contributed by atoms with Crippen LogP contribution in [0.1, 0.15) is 45.2 Å². The standard InChI is InChI=1S/C16H24N2O/c1-4-5-11-18-15(12(2)3)17-14(16(18)19)13-9-7-6-8-10-13/h6-10,12,14-15,17H,4-5,11H2,1-3H3. The highest BCUT2D eigenvalue weighted by atomic mass is 16.2. The molecular weight excluding hydrogens is 236 g/mol. The van der Waals surface area contributed by atoms with Crippen molar-refractivity contribution < 1.29 is 4.79 Å². The molecule has 1 aliphatic heterocycles. The topological polar surface area (TPSA) is 32.3 Å². The van der Waals surface area contributed by atoms with Crippen LogP contribution in [-0.4, -0.2) is 23.5 Å². The van der Waals surface area contributed by atoms with Crippen molar-refractivity contribution in [2.24, 2.45) is 5.92 Å². The van der Waals surface area contributed by atoms with Gasteiger partial charge < -0.3 is 4.90 Å². The monoisotopic (exact) mass is 260 g/mol. The van der Waals surface area contributed by atoms with E-state index < -0.39 is 0 Å². The Labute approximate surface area is 116 Å². The van der Waals surface area contributed by atoms with Gasteiger partial charge in [-0.1, -0.05) is 57.5 Å². The maximum Gasteiger partial charge on any atom is 0.245 e. The molecule has 0 bridgehead atoms. The maximum atomic E-state index is 12.6. The van der Waals surface area contributed by atoms with E-state index in [0.717, 1.165) is 24.9 Å². The Morgan fingerprint density at radius 2 is 1.95 bits per heavy atom. The molecule has 2 rings (SSSR count). The molecule has 1 aliphatic rings. The zero-order chi connectivity index (χ0) is 13.8. The fourth-order valence-electron chi connectivity index (χ4n) is 2.65. The van der Waals surface area contributed by atoms with Crippen LogP contribution in [0.25, 0.3) is 0 Å². The summed E-state index contributed by atoms with van der Waals surface area (Å²) in [6.45, 7) is 7.34. The number of nitrogens with one attached hydrogen (secondary N) is 1. The molecular formula is C16H24N2O. The first-order chi connectivity index (χ1) is 9.15. The summed E-state index contributed by atoms with van der Waals surface area (Å²) in [6, 6.07) is 9.84. The van der Waals surface area contributed by atoms with Crippen molar-refractivity contribution in [3.8, 4) is 0 Å². The molecule has 19 heavy (non-hydrogen) atoms. The first-order valence-corrected chi connectivity index (χ1v) is 7.26. The Morgan fingerprint density at radius 3 is 2.53 bits per heavy atom. The Kier molecular flexibility index (Phi) is 4.59. The van der Waals surface area contributed by atoms with Gasteiger partial charge in [0.05, 0.1) is 6.17 Å². The summed E-state index contributed by atoms with van der Waals surface area (Å²) in [5.74, 6) is 0.646. The van der Waals surface area contributed by atoms with Crippen molar-refractivity contribution in [2.75, 3.05) is 6.54 Å². The first-order valence-electron chi connectivity index (χ1n) is 7.26. The normalized spacial score (nSPS) is 23.4. The summed E-state index contributed by atoms with van der Waals surface area (Å²) in [5, 5.41) is 3.49. The minimum absolute atomic E-state index is 0.157. The Morgan fingerprint density at radius 1 is 1.26 bits per heavy atom. The van der Waals surface area contributed by atoms with Crippen molar-refractivity contribution in [3.63, 3.8) is 0 Å². The number of unbranched alkanes of at least 4 members (excludes halogenated alkanes) is 1. The second-order valence-electron chi connectivity index (χ2n) is 5.58. The number of carbonyl (C=O) groups is 1. The molecule has 0 saturated carbocycles. The van der Waals surface area contributed by atoms with Crippen LogP contribution in [0.15, 0.2) is 30.3 Å². The molecule has 1 amide bonds. The lowest BCUT2D eigenvalue weighted by molar-refractivity contribution is -0.130. The van der Waals surface area contributed by atoms with Gasteiger partial charge in [-0.3, -0.25) is 10.1 Å². The van der Waals surface area contributed by atoms with E-state index in [2.05, 4.69) is 26.1 Å². The third-order valence-corrected chi connectivity index (χ3v) is 3.72. The summed E-state index contributed by atoms with van der Waals surface area (Å²) in [7, 11) is 0. The van der Waals surface area contributed by atoms with Crippen molar-refractivity contribution in [3.05, 3.63) is 35.9 Å². The minimum atomic E-state index is -0.176. The highest BCUT2D eigenvalue weighted by molar-refractivity contribution is 5.85. The van der Waals surface area contributed by atoms with Crippen LogP contribution < -0.4 is 5.32 Å². The Bertz CT molecular complexity index is 416. The lowest BCUT2D eigenvalue weighted by Crippen LogP contribution is -2.41. The number of amides is 1. The van der Waals surface area contributed by atoms with Crippen LogP contribution in [-0.2, 0) is 4.79 Å². The first kappa shape index (κ1) is 14.1. The largest absolute Gasteiger partial charge is 0.325 e. The summed E-state index contributed by atoms with van der Waals surface area (Å²) in [4.78, 5) is 14.6. The fourth-order valence-corrected chi connectivity index (χ4v) is 2.65. The van der Waals surface area contributed by atoms with Gasteiger partial charge in [-0.05, 0) is 17.9 Å². The fraction of sp³-hybridized carbons (Fsp3) is 0.562. The van der Waals surface area contributed by atoms with Gasteiger partial charge in [0.2, 0.25) is 5.91 Å². The molecule has 2 atom stereocenters. The molecule has 1 fully saturated rings. The van der Waals surface area contributed by atoms with Crippen LogP contribution in [0.5, 0.6) is 0 Å². The van der Waals surface area contributed by atoms with E-state index in [9.17, 15) is 4.79 Å². The molecule has 1 saturated heterocycles. The zero-order valence-electron chi connectivity index (χ0n) is 12.1. The molecule has 1 heterocycles. The molecule has 1 aromatic rings. The molecule has 3 nitrogen and oxygen atoms in total. The Hall–Kier alpha value is -1.35. The number of hydrogen-bond donors (Lipinski definition) is 1. The lowest BCUT2D eigenvalue weighted by Gasteiger charge is -2.26. The van der Waals surface area contributed by atoms with Crippen LogP contribution in [0.2, 0.25) is 0 Å². The molecule has 0 aliphatic carbocycles. The van der Waals surface area contributed by atoms with Crippen molar-refractivity contribution in [1.29, 1.82) is 0 Å². The Balaban J connectivity index is 2.18. The van der Waals surface area contributed by atoms with E-state index in [1.807, 2.05) is 35.2 Å². The molecule has 1 aromatic carbocycles. The molecule has 3 heteroatoms. The summed E-state index contributed by atoms with van der Waals surface area (Å²) >= 11 is 0. The van der Waals surface area contributed by atoms with Crippen molar-refractivity contribution in [1.82, 2.24) is 10.2 Å². The summed E-state index contributed by atoms with van der Waals surface area (Å²) < 4.78 is 0. The molecule has 0 aromatic heterocycles. The highest BCUT2D eigenvalue weighted by Gasteiger charge is 2.40. The second-order valence-corrected chi connectivity index (χ2v) is 5.58. The minimum Gasteiger partial charge on any atom is -0.325 e.